The first-order chi connectivity index (χ1) is 8.85. The van der Waals surface area contributed by atoms with E-state index in [1.54, 1.807) is 0 Å². The second-order valence-electron chi connectivity index (χ2n) is 4.61. The minimum Gasteiger partial charge on any atom is -0.395 e. The van der Waals surface area contributed by atoms with E-state index < -0.39 is 0 Å². The lowest BCUT2D eigenvalue weighted by molar-refractivity contribution is 0.289. The first kappa shape index (κ1) is 13.0. The molecule has 1 heterocycles. The predicted octanol–water partition coefficient (Wildman–Crippen LogP) is 0.894. The van der Waals surface area contributed by atoms with Crippen LogP contribution in [0.5, 0.6) is 0 Å². The molecule has 0 amide bonds. The van der Waals surface area contributed by atoms with Crippen molar-refractivity contribution in [1.82, 2.24) is 9.97 Å². The molecule has 1 saturated carbocycles. The fourth-order valence-corrected chi connectivity index (χ4v) is 2.57. The van der Waals surface area contributed by atoms with Gasteiger partial charge in [0.1, 0.15) is 18.0 Å². The Bertz CT molecular complexity index is 367. The molecule has 0 aliphatic heterocycles. The van der Waals surface area contributed by atoms with E-state index in [-0.39, 0.29) is 6.61 Å². The molecule has 100 valence electrons. The lowest BCUT2D eigenvalue weighted by atomic mass is 9.94. The van der Waals surface area contributed by atoms with Crippen LogP contribution >= 0.6 is 0 Å². The summed E-state index contributed by atoms with van der Waals surface area (Å²) in [5, 5.41) is 9.23. The first-order valence-corrected chi connectivity index (χ1v) is 6.51. The highest BCUT2D eigenvalue weighted by atomic mass is 16.3. The molecular formula is C12H21N5O. The van der Waals surface area contributed by atoms with Crippen molar-refractivity contribution in [2.45, 2.75) is 38.1 Å². The molecule has 0 spiro atoms. The van der Waals surface area contributed by atoms with E-state index in [0.717, 1.165) is 18.7 Å². The molecule has 0 bridgehead atoms. The van der Waals surface area contributed by atoms with Crippen LogP contribution in [0, 0.1) is 0 Å². The summed E-state index contributed by atoms with van der Waals surface area (Å²) in [6.45, 7) is 0.734. The average Bonchev–Trinajstić information content (AvgIpc) is 2.46. The van der Waals surface area contributed by atoms with Crippen molar-refractivity contribution >= 4 is 11.6 Å². The van der Waals surface area contributed by atoms with Crippen LogP contribution in [0.15, 0.2) is 12.4 Å². The van der Waals surface area contributed by atoms with E-state index in [9.17, 15) is 5.11 Å². The van der Waals surface area contributed by atoms with Crippen LogP contribution in [-0.4, -0.2) is 34.3 Å². The molecule has 6 nitrogen and oxygen atoms in total. The van der Waals surface area contributed by atoms with Crippen LogP contribution < -0.4 is 16.2 Å². The molecule has 1 aliphatic carbocycles. The maximum atomic E-state index is 9.23. The van der Waals surface area contributed by atoms with Gasteiger partial charge in [0.25, 0.3) is 0 Å². The molecule has 2 rings (SSSR count). The highest BCUT2D eigenvalue weighted by molar-refractivity contribution is 5.48. The van der Waals surface area contributed by atoms with E-state index >= 15 is 0 Å². The van der Waals surface area contributed by atoms with Crippen molar-refractivity contribution < 1.29 is 5.11 Å². The number of aliphatic hydroxyl groups excluding tert-OH is 1. The number of hydrogen-bond acceptors (Lipinski definition) is 6. The number of aromatic nitrogens is 2. The van der Waals surface area contributed by atoms with Gasteiger partial charge in [-0.1, -0.05) is 19.3 Å². The molecular weight excluding hydrogens is 230 g/mol. The fraction of sp³-hybridized carbons (Fsp3) is 0.667. The molecule has 1 fully saturated rings. The number of hydrogen-bond donors (Lipinski definition) is 3. The summed E-state index contributed by atoms with van der Waals surface area (Å²) in [5.41, 5.74) is 2.53. The van der Waals surface area contributed by atoms with Gasteiger partial charge in [-0.2, -0.15) is 0 Å². The van der Waals surface area contributed by atoms with Crippen molar-refractivity contribution in [3.8, 4) is 0 Å². The standard InChI is InChI=1S/C12H21N5O/c13-16-11-8-12(15-9-14-11)17(6-7-18)10-4-2-1-3-5-10/h8-10,18H,1-7,13H2,(H,14,15,16). The number of rotatable bonds is 5. The largest absolute Gasteiger partial charge is 0.395 e. The van der Waals surface area contributed by atoms with E-state index in [2.05, 4.69) is 20.3 Å². The first-order valence-electron chi connectivity index (χ1n) is 6.51. The maximum Gasteiger partial charge on any atom is 0.145 e. The number of nitrogens with two attached hydrogens (primary N) is 1. The van der Waals surface area contributed by atoms with Crippen molar-refractivity contribution in [2.75, 3.05) is 23.5 Å². The van der Waals surface area contributed by atoms with Gasteiger partial charge >= 0.3 is 0 Å². The van der Waals surface area contributed by atoms with Crippen molar-refractivity contribution in [3.63, 3.8) is 0 Å². The topological polar surface area (TPSA) is 87.3 Å². The van der Waals surface area contributed by atoms with Gasteiger partial charge in [0.05, 0.1) is 6.61 Å². The molecule has 0 aromatic carbocycles. The van der Waals surface area contributed by atoms with Crippen LogP contribution in [0.4, 0.5) is 11.6 Å². The summed E-state index contributed by atoms with van der Waals surface area (Å²) in [6.07, 6.45) is 7.63. The molecule has 6 heteroatoms. The SMILES string of the molecule is NNc1cc(N(CCO)C2CCCCC2)ncn1. The Labute approximate surface area is 107 Å². The summed E-state index contributed by atoms with van der Waals surface area (Å²) in [5.74, 6) is 6.79. The van der Waals surface area contributed by atoms with Crippen LogP contribution in [0.3, 0.4) is 0 Å². The molecule has 0 unspecified atom stereocenters. The zero-order valence-electron chi connectivity index (χ0n) is 10.5. The van der Waals surface area contributed by atoms with E-state index in [4.69, 9.17) is 5.84 Å². The third kappa shape index (κ3) is 3.08. The summed E-state index contributed by atoms with van der Waals surface area (Å²) in [4.78, 5) is 10.5. The smallest absolute Gasteiger partial charge is 0.145 e. The highest BCUT2D eigenvalue weighted by Crippen LogP contribution is 2.26. The Hall–Kier alpha value is -1.40. The van der Waals surface area contributed by atoms with Gasteiger partial charge in [0.2, 0.25) is 0 Å². The Balaban J connectivity index is 2.16. The van der Waals surface area contributed by atoms with E-state index in [0.29, 0.717) is 18.4 Å². The van der Waals surface area contributed by atoms with Crippen LogP contribution in [-0.2, 0) is 0 Å². The maximum absolute atomic E-state index is 9.23. The third-order valence-electron chi connectivity index (χ3n) is 3.45. The summed E-state index contributed by atoms with van der Waals surface area (Å²) >= 11 is 0. The Morgan fingerprint density at radius 3 is 2.78 bits per heavy atom. The second-order valence-corrected chi connectivity index (χ2v) is 4.61. The molecule has 0 radical (unpaired) electrons. The van der Waals surface area contributed by atoms with Gasteiger partial charge in [-0.15, -0.1) is 0 Å². The van der Waals surface area contributed by atoms with Crippen LogP contribution in [0.2, 0.25) is 0 Å². The number of nitrogens with zero attached hydrogens (tertiary/aromatic N) is 3. The lowest BCUT2D eigenvalue weighted by Gasteiger charge is -2.34. The molecule has 0 saturated heterocycles. The zero-order valence-corrected chi connectivity index (χ0v) is 10.5. The number of nitrogen functional groups attached to an aromatic ring is 1. The molecule has 1 aromatic heterocycles. The predicted molar refractivity (Wildman–Crippen MR) is 71.1 cm³/mol. The number of anilines is 2. The lowest BCUT2D eigenvalue weighted by Crippen LogP contribution is -2.39. The van der Waals surface area contributed by atoms with Gasteiger partial charge < -0.3 is 15.4 Å². The van der Waals surface area contributed by atoms with Crippen molar-refractivity contribution in [3.05, 3.63) is 12.4 Å². The Morgan fingerprint density at radius 1 is 1.33 bits per heavy atom. The quantitative estimate of drug-likeness (QED) is 0.532. The van der Waals surface area contributed by atoms with Gasteiger partial charge in [-0.3, -0.25) is 0 Å². The Morgan fingerprint density at radius 2 is 2.11 bits per heavy atom. The molecule has 0 atom stereocenters. The average molecular weight is 251 g/mol. The summed E-state index contributed by atoms with van der Waals surface area (Å²) in [7, 11) is 0. The summed E-state index contributed by atoms with van der Waals surface area (Å²) < 4.78 is 0. The minimum absolute atomic E-state index is 0.131. The minimum atomic E-state index is 0.131. The Kier molecular flexibility index (Phi) is 4.72. The van der Waals surface area contributed by atoms with Gasteiger partial charge in [0.15, 0.2) is 0 Å². The van der Waals surface area contributed by atoms with Crippen LogP contribution in [0.25, 0.3) is 0 Å². The fourth-order valence-electron chi connectivity index (χ4n) is 2.57. The number of hydrazine groups is 1. The molecule has 1 aliphatic rings. The second kappa shape index (κ2) is 6.51. The monoisotopic (exact) mass is 251 g/mol. The molecule has 4 N–H and O–H groups in total. The van der Waals surface area contributed by atoms with E-state index in [1.165, 1.54) is 25.6 Å². The van der Waals surface area contributed by atoms with Crippen molar-refractivity contribution in [2.24, 2.45) is 5.84 Å². The van der Waals surface area contributed by atoms with E-state index in [1.807, 2.05) is 6.07 Å². The normalized spacial score (nSPS) is 16.6. The molecule has 1 aromatic rings. The van der Waals surface area contributed by atoms with Gasteiger partial charge in [0, 0.05) is 18.7 Å². The van der Waals surface area contributed by atoms with Gasteiger partial charge in [-0.05, 0) is 12.8 Å². The third-order valence-corrected chi connectivity index (χ3v) is 3.45. The zero-order chi connectivity index (χ0) is 12.8. The highest BCUT2D eigenvalue weighted by Gasteiger charge is 2.22. The van der Waals surface area contributed by atoms with Gasteiger partial charge in [-0.25, -0.2) is 15.8 Å². The summed E-state index contributed by atoms with van der Waals surface area (Å²) in [6, 6.07) is 2.29. The number of nitrogens with one attached hydrogen (secondary N) is 1. The number of aliphatic hydroxyl groups is 1. The van der Waals surface area contributed by atoms with Crippen LogP contribution in [0.1, 0.15) is 32.1 Å². The molecule has 18 heavy (non-hydrogen) atoms. The van der Waals surface area contributed by atoms with Crippen molar-refractivity contribution in [1.29, 1.82) is 0 Å².